The van der Waals surface area contributed by atoms with E-state index in [1.54, 1.807) is 6.07 Å². The lowest BCUT2D eigenvalue weighted by atomic mass is 10.3. The number of aromatic carboxylic acids is 1. The van der Waals surface area contributed by atoms with Gasteiger partial charge in [-0.15, -0.1) is 0 Å². The maximum atomic E-state index is 11.6. The standard InChI is InChI=1S/C11H8N2O4/c14-10(9-2-1-5-17-9)13-7-3-4-12-8(6-7)11(15)16/h1-6H,(H,15,16)(H,12,13,14). The molecule has 0 saturated heterocycles. The van der Waals surface area contributed by atoms with Crippen molar-refractivity contribution in [1.29, 1.82) is 0 Å². The molecule has 0 fully saturated rings. The highest BCUT2D eigenvalue weighted by Crippen LogP contribution is 2.10. The number of carbonyl (C=O) groups is 2. The Bertz CT molecular complexity index is 548. The van der Waals surface area contributed by atoms with Crippen LogP contribution in [-0.4, -0.2) is 22.0 Å². The number of furan rings is 1. The van der Waals surface area contributed by atoms with Crippen LogP contribution in [0.1, 0.15) is 21.0 Å². The number of hydrogen-bond acceptors (Lipinski definition) is 4. The molecule has 2 aromatic heterocycles. The molecule has 0 bridgehead atoms. The molecule has 0 spiro atoms. The third-order valence-electron chi connectivity index (χ3n) is 1.98. The molecule has 0 aliphatic carbocycles. The summed E-state index contributed by atoms with van der Waals surface area (Å²) in [5.41, 5.74) is 0.209. The number of hydrogen-bond donors (Lipinski definition) is 2. The van der Waals surface area contributed by atoms with Crippen LogP contribution < -0.4 is 5.32 Å². The highest BCUT2D eigenvalue weighted by atomic mass is 16.4. The normalized spacial score (nSPS) is 9.88. The van der Waals surface area contributed by atoms with Gasteiger partial charge in [0.15, 0.2) is 5.76 Å². The zero-order valence-corrected chi connectivity index (χ0v) is 8.58. The van der Waals surface area contributed by atoms with E-state index in [0.717, 1.165) is 0 Å². The molecule has 0 aliphatic rings. The minimum Gasteiger partial charge on any atom is -0.477 e. The Balaban J connectivity index is 2.16. The topological polar surface area (TPSA) is 92.4 Å². The van der Waals surface area contributed by atoms with Crippen LogP contribution in [0.3, 0.4) is 0 Å². The average Bonchev–Trinajstić information content (AvgIpc) is 2.82. The third kappa shape index (κ3) is 2.49. The van der Waals surface area contributed by atoms with Crippen molar-refractivity contribution >= 4 is 17.6 Å². The number of rotatable bonds is 3. The Morgan fingerprint density at radius 2 is 2.18 bits per heavy atom. The van der Waals surface area contributed by atoms with Gasteiger partial charge < -0.3 is 14.8 Å². The van der Waals surface area contributed by atoms with Crippen LogP contribution in [0.2, 0.25) is 0 Å². The van der Waals surface area contributed by atoms with Crippen LogP contribution in [0.5, 0.6) is 0 Å². The van der Waals surface area contributed by atoms with Gasteiger partial charge in [0.25, 0.3) is 5.91 Å². The van der Waals surface area contributed by atoms with E-state index >= 15 is 0 Å². The molecule has 2 rings (SSSR count). The van der Waals surface area contributed by atoms with Crippen molar-refractivity contribution in [1.82, 2.24) is 4.98 Å². The molecule has 6 nitrogen and oxygen atoms in total. The summed E-state index contributed by atoms with van der Waals surface area (Å²) in [5.74, 6) is -1.45. The molecular weight excluding hydrogens is 224 g/mol. The minimum atomic E-state index is -1.15. The molecule has 17 heavy (non-hydrogen) atoms. The first-order valence-corrected chi connectivity index (χ1v) is 4.71. The van der Waals surface area contributed by atoms with Gasteiger partial charge in [-0.2, -0.15) is 0 Å². The van der Waals surface area contributed by atoms with Crippen LogP contribution >= 0.6 is 0 Å². The molecule has 0 aromatic carbocycles. The first kappa shape index (κ1) is 10.9. The van der Waals surface area contributed by atoms with E-state index in [2.05, 4.69) is 10.3 Å². The summed E-state index contributed by atoms with van der Waals surface area (Å²) in [6, 6.07) is 5.86. The van der Waals surface area contributed by atoms with E-state index < -0.39 is 11.9 Å². The summed E-state index contributed by atoms with van der Waals surface area (Å²) < 4.78 is 4.90. The fourth-order valence-corrected chi connectivity index (χ4v) is 1.23. The van der Waals surface area contributed by atoms with Gasteiger partial charge in [-0.3, -0.25) is 4.79 Å². The number of carbonyl (C=O) groups excluding carboxylic acids is 1. The zero-order chi connectivity index (χ0) is 12.3. The van der Waals surface area contributed by atoms with E-state index in [4.69, 9.17) is 9.52 Å². The van der Waals surface area contributed by atoms with Crippen molar-refractivity contribution < 1.29 is 19.1 Å². The Morgan fingerprint density at radius 1 is 1.35 bits per heavy atom. The lowest BCUT2D eigenvalue weighted by molar-refractivity contribution is 0.0690. The van der Waals surface area contributed by atoms with Crippen molar-refractivity contribution in [2.75, 3.05) is 5.32 Å². The fraction of sp³-hybridized carbons (Fsp3) is 0. The van der Waals surface area contributed by atoms with Crippen LogP contribution in [0.15, 0.2) is 41.1 Å². The maximum absolute atomic E-state index is 11.6. The number of carboxylic acid groups (broad SMARTS) is 1. The fourth-order valence-electron chi connectivity index (χ4n) is 1.23. The molecule has 1 amide bonds. The van der Waals surface area contributed by atoms with Crippen LogP contribution in [0, 0.1) is 0 Å². The number of anilines is 1. The molecule has 86 valence electrons. The van der Waals surface area contributed by atoms with Gasteiger partial charge in [0, 0.05) is 11.9 Å². The van der Waals surface area contributed by atoms with E-state index in [1.807, 2.05) is 0 Å². The number of pyridine rings is 1. The van der Waals surface area contributed by atoms with Crippen LogP contribution in [0.4, 0.5) is 5.69 Å². The highest BCUT2D eigenvalue weighted by molar-refractivity contribution is 6.02. The summed E-state index contributed by atoms with van der Waals surface area (Å²) in [6.45, 7) is 0. The number of carboxylic acids is 1. The molecule has 2 aromatic rings. The van der Waals surface area contributed by atoms with E-state index in [9.17, 15) is 9.59 Å². The van der Waals surface area contributed by atoms with Crippen LogP contribution in [0.25, 0.3) is 0 Å². The molecular formula is C11H8N2O4. The van der Waals surface area contributed by atoms with Gasteiger partial charge >= 0.3 is 5.97 Å². The van der Waals surface area contributed by atoms with Crippen molar-refractivity contribution in [2.24, 2.45) is 0 Å². The third-order valence-corrected chi connectivity index (χ3v) is 1.98. The van der Waals surface area contributed by atoms with Gasteiger partial charge in [-0.25, -0.2) is 9.78 Å². The molecule has 0 aliphatic heterocycles. The second-order valence-electron chi connectivity index (χ2n) is 3.17. The second kappa shape index (κ2) is 4.48. The number of nitrogens with zero attached hydrogens (tertiary/aromatic N) is 1. The second-order valence-corrected chi connectivity index (χ2v) is 3.17. The Kier molecular flexibility index (Phi) is 2.87. The Labute approximate surface area is 95.9 Å². The highest BCUT2D eigenvalue weighted by Gasteiger charge is 2.10. The average molecular weight is 232 g/mol. The monoisotopic (exact) mass is 232 g/mol. The van der Waals surface area contributed by atoms with Gasteiger partial charge in [-0.1, -0.05) is 0 Å². The molecule has 2 heterocycles. The molecule has 2 N–H and O–H groups in total. The SMILES string of the molecule is O=C(O)c1cc(NC(=O)c2ccco2)ccn1. The van der Waals surface area contributed by atoms with Crippen molar-refractivity contribution in [3.8, 4) is 0 Å². The zero-order valence-electron chi connectivity index (χ0n) is 8.58. The molecule has 0 radical (unpaired) electrons. The predicted octanol–water partition coefficient (Wildman–Crippen LogP) is 1.63. The van der Waals surface area contributed by atoms with Gasteiger partial charge in [0.1, 0.15) is 5.69 Å². The molecule has 0 atom stereocenters. The Hall–Kier alpha value is -2.63. The summed E-state index contributed by atoms with van der Waals surface area (Å²) in [6.07, 6.45) is 2.69. The lowest BCUT2D eigenvalue weighted by Crippen LogP contribution is -2.11. The van der Waals surface area contributed by atoms with Crippen molar-refractivity contribution in [3.05, 3.63) is 48.2 Å². The molecule has 0 unspecified atom stereocenters. The summed E-state index contributed by atoms with van der Waals surface area (Å²) in [4.78, 5) is 25.9. The maximum Gasteiger partial charge on any atom is 0.354 e. The molecule has 6 heteroatoms. The van der Waals surface area contributed by atoms with Gasteiger partial charge in [0.05, 0.1) is 6.26 Å². The number of amides is 1. The van der Waals surface area contributed by atoms with E-state index in [1.165, 1.54) is 30.7 Å². The van der Waals surface area contributed by atoms with Crippen LogP contribution in [-0.2, 0) is 0 Å². The van der Waals surface area contributed by atoms with Gasteiger partial charge in [-0.05, 0) is 24.3 Å². The molecule has 0 saturated carbocycles. The summed E-state index contributed by atoms with van der Waals surface area (Å²) in [7, 11) is 0. The first-order chi connectivity index (χ1) is 8.16. The van der Waals surface area contributed by atoms with E-state index in [0.29, 0.717) is 5.69 Å². The van der Waals surface area contributed by atoms with E-state index in [-0.39, 0.29) is 11.5 Å². The summed E-state index contributed by atoms with van der Waals surface area (Å²) in [5, 5.41) is 11.2. The number of nitrogens with one attached hydrogen (secondary N) is 1. The van der Waals surface area contributed by atoms with Gasteiger partial charge in [0.2, 0.25) is 0 Å². The van der Waals surface area contributed by atoms with Crippen molar-refractivity contribution in [3.63, 3.8) is 0 Å². The Morgan fingerprint density at radius 3 is 2.82 bits per heavy atom. The quantitative estimate of drug-likeness (QED) is 0.838. The summed E-state index contributed by atoms with van der Waals surface area (Å²) >= 11 is 0. The lowest BCUT2D eigenvalue weighted by Gasteiger charge is -2.03. The predicted molar refractivity (Wildman–Crippen MR) is 57.9 cm³/mol. The smallest absolute Gasteiger partial charge is 0.354 e. The first-order valence-electron chi connectivity index (χ1n) is 4.71. The number of aromatic nitrogens is 1. The largest absolute Gasteiger partial charge is 0.477 e. The van der Waals surface area contributed by atoms with Crippen molar-refractivity contribution in [2.45, 2.75) is 0 Å². The minimum absolute atomic E-state index is 0.137.